The zero-order valence-electron chi connectivity index (χ0n) is 24.7. The summed E-state index contributed by atoms with van der Waals surface area (Å²) in [7, 11) is 0. The Labute approximate surface area is 222 Å². The fourth-order valence-corrected chi connectivity index (χ4v) is 5.13. The molecule has 0 saturated carbocycles. The van der Waals surface area contributed by atoms with E-state index in [9.17, 15) is 4.79 Å². The Balaban J connectivity index is 3.99. The summed E-state index contributed by atoms with van der Waals surface area (Å²) in [6.07, 6.45) is 35.3. The molecule has 0 aromatic carbocycles. The topological polar surface area (TPSA) is 26.3 Å². The van der Waals surface area contributed by atoms with Gasteiger partial charge < -0.3 is 4.74 Å². The summed E-state index contributed by atoms with van der Waals surface area (Å²) in [6.45, 7) is 7.51. The van der Waals surface area contributed by atoms with Gasteiger partial charge in [-0.25, -0.2) is 0 Å². The van der Waals surface area contributed by atoms with Crippen LogP contribution in [0, 0.1) is 5.92 Å². The van der Waals surface area contributed by atoms with Crippen molar-refractivity contribution in [2.75, 3.05) is 6.61 Å². The minimum absolute atomic E-state index is 0.0487. The van der Waals surface area contributed by atoms with Gasteiger partial charge in [0.25, 0.3) is 0 Å². The summed E-state index contributed by atoms with van der Waals surface area (Å²) in [4.78, 5) is 12.3. The van der Waals surface area contributed by atoms with E-state index >= 15 is 0 Å². The van der Waals surface area contributed by atoms with Gasteiger partial charge in [-0.15, -0.1) is 0 Å². The van der Waals surface area contributed by atoms with Crippen molar-refractivity contribution in [2.45, 2.75) is 194 Å². The van der Waals surface area contributed by atoms with Crippen LogP contribution in [0.5, 0.6) is 0 Å². The number of unbranched alkanes of at least 4 members (excludes halogenated alkanes) is 21. The largest absolute Gasteiger partial charge is 0.465 e. The first-order valence-corrected chi connectivity index (χ1v) is 16.4. The molecule has 0 bridgehead atoms. The van der Waals surface area contributed by atoms with E-state index in [4.69, 9.17) is 4.74 Å². The molecule has 0 N–H and O–H groups in total. The fourth-order valence-electron chi connectivity index (χ4n) is 5.13. The maximum absolute atomic E-state index is 12.3. The second kappa shape index (κ2) is 29.7. The SMILES string of the molecule is CCCCCCCCCCCC(CCCCCCCCC)COC(=O)CCCCCCCCCC. The Kier molecular flexibility index (Phi) is 29.2. The number of esters is 1. The highest BCUT2D eigenvalue weighted by Crippen LogP contribution is 2.21. The van der Waals surface area contributed by atoms with Crippen LogP contribution < -0.4 is 0 Å². The van der Waals surface area contributed by atoms with Gasteiger partial charge in [0.2, 0.25) is 0 Å². The van der Waals surface area contributed by atoms with Crippen molar-refractivity contribution in [2.24, 2.45) is 5.92 Å². The third-order valence-corrected chi connectivity index (χ3v) is 7.65. The third kappa shape index (κ3) is 27.9. The van der Waals surface area contributed by atoms with Gasteiger partial charge in [0.1, 0.15) is 0 Å². The standard InChI is InChI=1S/C33H66O2/c1-4-7-10-13-16-18-20-23-26-29-32(28-25-22-19-15-12-9-6-3)31-35-33(34)30-27-24-21-17-14-11-8-5-2/h32H,4-31H2,1-3H3. The minimum Gasteiger partial charge on any atom is -0.465 e. The molecule has 0 aliphatic carbocycles. The van der Waals surface area contributed by atoms with Crippen LogP contribution in [0.15, 0.2) is 0 Å². The molecule has 0 spiro atoms. The quantitative estimate of drug-likeness (QED) is 0.0763. The molecule has 1 atom stereocenters. The first-order valence-electron chi connectivity index (χ1n) is 16.4. The highest BCUT2D eigenvalue weighted by molar-refractivity contribution is 5.69. The van der Waals surface area contributed by atoms with Crippen LogP contribution in [-0.4, -0.2) is 12.6 Å². The van der Waals surface area contributed by atoms with E-state index in [0.29, 0.717) is 18.9 Å². The predicted octanol–water partition coefficient (Wildman–Crippen LogP) is 11.7. The van der Waals surface area contributed by atoms with Gasteiger partial charge in [-0.1, -0.05) is 168 Å². The van der Waals surface area contributed by atoms with Gasteiger partial charge in [0.05, 0.1) is 6.61 Å². The molecule has 0 heterocycles. The van der Waals surface area contributed by atoms with Gasteiger partial charge in [-0.05, 0) is 25.2 Å². The van der Waals surface area contributed by atoms with Gasteiger partial charge in [-0.2, -0.15) is 0 Å². The second-order valence-corrected chi connectivity index (χ2v) is 11.3. The highest BCUT2D eigenvalue weighted by atomic mass is 16.5. The summed E-state index contributed by atoms with van der Waals surface area (Å²) in [5.41, 5.74) is 0. The van der Waals surface area contributed by atoms with Crippen molar-refractivity contribution in [3.63, 3.8) is 0 Å². The number of hydrogen-bond acceptors (Lipinski definition) is 2. The van der Waals surface area contributed by atoms with E-state index in [0.717, 1.165) is 6.42 Å². The molecular formula is C33H66O2. The van der Waals surface area contributed by atoms with E-state index in [-0.39, 0.29) is 5.97 Å². The Morgan fingerprint density at radius 3 is 1.14 bits per heavy atom. The first-order chi connectivity index (χ1) is 17.2. The van der Waals surface area contributed by atoms with Gasteiger partial charge in [0, 0.05) is 6.42 Å². The normalized spacial score (nSPS) is 12.2. The summed E-state index contributed by atoms with van der Waals surface area (Å²) in [6, 6.07) is 0. The van der Waals surface area contributed by atoms with Crippen LogP contribution >= 0.6 is 0 Å². The van der Waals surface area contributed by atoms with E-state index < -0.39 is 0 Å². The molecule has 0 aliphatic rings. The number of rotatable bonds is 29. The molecule has 0 aromatic rings. The minimum atomic E-state index is 0.0487. The van der Waals surface area contributed by atoms with Crippen LogP contribution in [0.25, 0.3) is 0 Å². The van der Waals surface area contributed by atoms with Crippen molar-refractivity contribution in [1.82, 2.24) is 0 Å². The first kappa shape index (κ1) is 34.5. The smallest absolute Gasteiger partial charge is 0.305 e. The molecule has 0 rings (SSSR count). The number of hydrogen-bond donors (Lipinski definition) is 0. The van der Waals surface area contributed by atoms with Gasteiger partial charge in [-0.3, -0.25) is 4.79 Å². The molecule has 35 heavy (non-hydrogen) atoms. The maximum Gasteiger partial charge on any atom is 0.305 e. The molecule has 0 radical (unpaired) electrons. The van der Waals surface area contributed by atoms with Crippen LogP contribution in [0.4, 0.5) is 0 Å². The molecule has 210 valence electrons. The zero-order chi connectivity index (χ0) is 25.7. The Bertz CT molecular complexity index is 406. The van der Waals surface area contributed by atoms with Gasteiger partial charge in [0.15, 0.2) is 0 Å². The lowest BCUT2D eigenvalue weighted by Gasteiger charge is -2.17. The summed E-state index contributed by atoms with van der Waals surface area (Å²) in [5.74, 6) is 0.630. The monoisotopic (exact) mass is 495 g/mol. The Morgan fingerprint density at radius 1 is 0.457 bits per heavy atom. The number of ether oxygens (including phenoxy) is 1. The molecule has 0 amide bonds. The molecular weight excluding hydrogens is 428 g/mol. The lowest BCUT2D eigenvalue weighted by atomic mass is 9.94. The summed E-state index contributed by atoms with van der Waals surface area (Å²) < 4.78 is 5.77. The summed E-state index contributed by atoms with van der Waals surface area (Å²) in [5, 5.41) is 0. The third-order valence-electron chi connectivity index (χ3n) is 7.65. The molecule has 0 saturated heterocycles. The van der Waals surface area contributed by atoms with Crippen molar-refractivity contribution in [1.29, 1.82) is 0 Å². The van der Waals surface area contributed by atoms with Crippen LogP contribution in [0.1, 0.15) is 194 Å². The van der Waals surface area contributed by atoms with Crippen LogP contribution in [0.3, 0.4) is 0 Å². The average molecular weight is 495 g/mol. The molecule has 0 aromatic heterocycles. The summed E-state index contributed by atoms with van der Waals surface area (Å²) >= 11 is 0. The van der Waals surface area contributed by atoms with E-state index in [1.165, 1.54) is 161 Å². The Hall–Kier alpha value is -0.530. The second-order valence-electron chi connectivity index (χ2n) is 11.3. The molecule has 0 aliphatic heterocycles. The maximum atomic E-state index is 12.3. The molecule has 0 fully saturated rings. The molecule has 1 unspecified atom stereocenters. The van der Waals surface area contributed by atoms with E-state index in [2.05, 4.69) is 20.8 Å². The molecule has 2 heteroatoms. The van der Waals surface area contributed by atoms with Crippen LogP contribution in [-0.2, 0) is 9.53 Å². The van der Waals surface area contributed by atoms with Crippen LogP contribution in [0.2, 0.25) is 0 Å². The van der Waals surface area contributed by atoms with E-state index in [1.807, 2.05) is 0 Å². The van der Waals surface area contributed by atoms with Crippen molar-refractivity contribution >= 4 is 5.97 Å². The average Bonchev–Trinajstić information content (AvgIpc) is 2.86. The highest BCUT2D eigenvalue weighted by Gasteiger charge is 2.12. The zero-order valence-corrected chi connectivity index (χ0v) is 24.7. The van der Waals surface area contributed by atoms with E-state index in [1.54, 1.807) is 0 Å². The van der Waals surface area contributed by atoms with Gasteiger partial charge >= 0.3 is 5.97 Å². The molecule has 2 nitrogen and oxygen atoms in total. The van der Waals surface area contributed by atoms with Crippen molar-refractivity contribution in [3.8, 4) is 0 Å². The number of carbonyl (C=O) groups excluding carboxylic acids is 1. The predicted molar refractivity (Wildman–Crippen MR) is 156 cm³/mol. The number of carbonyl (C=O) groups is 1. The van der Waals surface area contributed by atoms with Crippen molar-refractivity contribution in [3.05, 3.63) is 0 Å². The Morgan fingerprint density at radius 2 is 0.771 bits per heavy atom. The fraction of sp³-hybridized carbons (Fsp3) is 0.970. The lowest BCUT2D eigenvalue weighted by molar-refractivity contribution is -0.145. The lowest BCUT2D eigenvalue weighted by Crippen LogP contribution is -2.14. The van der Waals surface area contributed by atoms with Crippen molar-refractivity contribution < 1.29 is 9.53 Å².